The normalized spacial score (nSPS) is 13.7. The molecule has 0 radical (unpaired) electrons. The van der Waals surface area contributed by atoms with Crippen LogP contribution in [-0.2, 0) is 21.7 Å². The summed E-state index contributed by atoms with van der Waals surface area (Å²) in [7, 11) is 0. The van der Waals surface area contributed by atoms with Gasteiger partial charge in [-0.3, -0.25) is 0 Å². The lowest BCUT2D eigenvalue weighted by Gasteiger charge is -2.26. The number of rotatable bonds is 5. The molecule has 104 valence electrons. The predicted octanol–water partition coefficient (Wildman–Crippen LogP) is 3.51. The SMILES string of the molecule is Cc1ccc(COC(C)(C(=O)O)c2ccccc2)cc1. The van der Waals surface area contributed by atoms with Crippen molar-refractivity contribution in [1.29, 1.82) is 0 Å². The summed E-state index contributed by atoms with van der Waals surface area (Å²) in [6, 6.07) is 16.9. The smallest absolute Gasteiger partial charge is 0.340 e. The van der Waals surface area contributed by atoms with Crippen LogP contribution in [0.5, 0.6) is 0 Å². The topological polar surface area (TPSA) is 46.5 Å². The molecule has 0 aliphatic rings. The van der Waals surface area contributed by atoms with Gasteiger partial charge in [-0.15, -0.1) is 0 Å². The van der Waals surface area contributed by atoms with Crippen LogP contribution in [0.25, 0.3) is 0 Å². The molecule has 2 aromatic rings. The zero-order valence-corrected chi connectivity index (χ0v) is 11.7. The average molecular weight is 270 g/mol. The Balaban J connectivity index is 2.18. The van der Waals surface area contributed by atoms with Crippen molar-refractivity contribution in [1.82, 2.24) is 0 Å². The summed E-state index contributed by atoms with van der Waals surface area (Å²) in [6.07, 6.45) is 0. The zero-order chi connectivity index (χ0) is 14.6. The highest BCUT2D eigenvalue weighted by molar-refractivity contribution is 5.78. The van der Waals surface area contributed by atoms with E-state index in [2.05, 4.69) is 0 Å². The predicted molar refractivity (Wildman–Crippen MR) is 77.4 cm³/mol. The molecular weight excluding hydrogens is 252 g/mol. The molecule has 0 aliphatic carbocycles. The van der Waals surface area contributed by atoms with Gasteiger partial charge in [0.05, 0.1) is 6.61 Å². The lowest BCUT2D eigenvalue weighted by molar-refractivity contribution is -0.167. The van der Waals surface area contributed by atoms with Gasteiger partial charge < -0.3 is 9.84 Å². The number of aryl methyl sites for hydroxylation is 1. The first kappa shape index (κ1) is 14.3. The van der Waals surface area contributed by atoms with Crippen molar-refractivity contribution in [2.45, 2.75) is 26.1 Å². The Hall–Kier alpha value is -2.13. The van der Waals surface area contributed by atoms with Crippen LogP contribution in [0.1, 0.15) is 23.6 Å². The van der Waals surface area contributed by atoms with Crippen molar-refractivity contribution in [2.75, 3.05) is 0 Å². The first-order valence-corrected chi connectivity index (χ1v) is 6.51. The Bertz CT molecular complexity index is 575. The summed E-state index contributed by atoms with van der Waals surface area (Å²) in [5.74, 6) is -0.990. The minimum Gasteiger partial charge on any atom is -0.479 e. The fourth-order valence-corrected chi connectivity index (χ4v) is 1.94. The molecule has 20 heavy (non-hydrogen) atoms. The molecule has 2 rings (SSSR count). The largest absolute Gasteiger partial charge is 0.479 e. The number of carbonyl (C=O) groups is 1. The number of aliphatic carboxylic acids is 1. The monoisotopic (exact) mass is 270 g/mol. The van der Waals surface area contributed by atoms with E-state index < -0.39 is 11.6 Å². The van der Waals surface area contributed by atoms with Gasteiger partial charge in [-0.1, -0.05) is 60.2 Å². The van der Waals surface area contributed by atoms with Crippen LogP contribution in [0, 0.1) is 6.92 Å². The molecule has 1 N–H and O–H groups in total. The number of hydrogen-bond donors (Lipinski definition) is 1. The van der Waals surface area contributed by atoms with Crippen LogP contribution in [-0.4, -0.2) is 11.1 Å². The van der Waals surface area contributed by atoms with Crippen LogP contribution < -0.4 is 0 Å². The van der Waals surface area contributed by atoms with E-state index in [0.29, 0.717) is 5.56 Å². The van der Waals surface area contributed by atoms with Gasteiger partial charge in [0.15, 0.2) is 5.60 Å². The summed E-state index contributed by atoms with van der Waals surface area (Å²) >= 11 is 0. The number of carboxylic acids is 1. The van der Waals surface area contributed by atoms with E-state index in [-0.39, 0.29) is 6.61 Å². The molecule has 0 amide bonds. The summed E-state index contributed by atoms with van der Waals surface area (Å²) < 4.78 is 5.70. The second-order valence-electron chi connectivity index (χ2n) is 4.98. The Morgan fingerprint density at radius 2 is 1.70 bits per heavy atom. The van der Waals surface area contributed by atoms with Gasteiger partial charge in [0, 0.05) is 0 Å². The van der Waals surface area contributed by atoms with Crippen molar-refractivity contribution in [3.8, 4) is 0 Å². The summed E-state index contributed by atoms with van der Waals surface area (Å²) in [4.78, 5) is 11.6. The van der Waals surface area contributed by atoms with E-state index >= 15 is 0 Å². The van der Waals surface area contributed by atoms with Gasteiger partial charge in [0.25, 0.3) is 0 Å². The Kier molecular flexibility index (Phi) is 4.20. The Labute approximate surface area is 118 Å². The third-order valence-electron chi connectivity index (χ3n) is 3.38. The summed E-state index contributed by atoms with van der Waals surface area (Å²) in [5.41, 5.74) is 1.42. The van der Waals surface area contributed by atoms with Gasteiger partial charge in [-0.05, 0) is 25.0 Å². The molecule has 1 atom stereocenters. The molecule has 0 aromatic heterocycles. The van der Waals surface area contributed by atoms with Crippen LogP contribution in [0.4, 0.5) is 0 Å². The van der Waals surface area contributed by atoms with E-state index in [4.69, 9.17) is 4.74 Å². The van der Waals surface area contributed by atoms with E-state index in [1.165, 1.54) is 0 Å². The van der Waals surface area contributed by atoms with Crippen molar-refractivity contribution in [3.05, 3.63) is 71.3 Å². The second-order valence-corrected chi connectivity index (χ2v) is 4.98. The van der Waals surface area contributed by atoms with Crippen LogP contribution in [0.15, 0.2) is 54.6 Å². The van der Waals surface area contributed by atoms with Gasteiger partial charge in [-0.25, -0.2) is 4.79 Å². The molecular formula is C17H18O3. The van der Waals surface area contributed by atoms with Crippen molar-refractivity contribution >= 4 is 5.97 Å². The van der Waals surface area contributed by atoms with Crippen molar-refractivity contribution in [2.24, 2.45) is 0 Å². The Morgan fingerprint density at radius 1 is 1.10 bits per heavy atom. The third kappa shape index (κ3) is 3.06. The van der Waals surface area contributed by atoms with Crippen LogP contribution in [0.3, 0.4) is 0 Å². The molecule has 0 fully saturated rings. The lowest BCUT2D eigenvalue weighted by Crippen LogP contribution is -2.35. The van der Waals surface area contributed by atoms with Gasteiger partial charge in [0.1, 0.15) is 0 Å². The summed E-state index contributed by atoms with van der Waals surface area (Å²) in [6.45, 7) is 3.85. The molecule has 0 aliphatic heterocycles. The molecule has 0 saturated carbocycles. The molecule has 3 nitrogen and oxygen atoms in total. The fourth-order valence-electron chi connectivity index (χ4n) is 1.94. The minimum atomic E-state index is -1.34. The highest BCUT2D eigenvalue weighted by atomic mass is 16.5. The maximum Gasteiger partial charge on any atom is 0.340 e. The maximum absolute atomic E-state index is 11.6. The number of carboxylic acid groups (broad SMARTS) is 1. The quantitative estimate of drug-likeness (QED) is 0.904. The molecule has 3 heteroatoms. The van der Waals surface area contributed by atoms with Gasteiger partial charge in [-0.2, -0.15) is 0 Å². The van der Waals surface area contributed by atoms with Crippen LogP contribution in [0.2, 0.25) is 0 Å². The molecule has 1 unspecified atom stereocenters. The van der Waals surface area contributed by atoms with E-state index in [9.17, 15) is 9.90 Å². The highest BCUT2D eigenvalue weighted by Gasteiger charge is 2.36. The molecule has 2 aromatic carbocycles. The van der Waals surface area contributed by atoms with E-state index in [1.807, 2.05) is 49.4 Å². The van der Waals surface area contributed by atoms with Crippen molar-refractivity contribution in [3.63, 3.8) is 0 Å². The van der Waals surface area contributed by atoms with E-state index in [0.717, 1.165) is 11.1 Å². The third-order valence-corrected chi connectivity index (χ3v) is 3.38. The first-order chi connectivity index (χ1) is 9.52. The lowest BCUT2D eigenvalue weighted by atomic mass is 9.96. The molecule has 0 saturated heterocycles. The van der Waals surface area contributed by atoms with E-state index in [1.54, 1.807) is 19.1 Å². The molecule has 0 bridgehead atoms. The highest BCUT2D eigenvalue weighted by Crippen LogP contribution is 2.27. The second kappa shape index (κ2) is 5.88. The number of hydrogen-bond acceptors (Lipinski definition) is 2. The molecule has 0 spiro atoms. The standard InChI is InChI=1S/C17H18O3/c1-13-8-10-14(11-9-13)12-20-17(2,16(18)19)15-6-4-3-5-7-15/h3-11H,12H2,1-2H3,(H,18,19). The first-order valence-electron chi connectivity index (χ1n) is 6.51. The molecule has 0 heterocycles. The fraction of sp³-hybridized carbons (Fsp3) is 0.235. The average Bonchev–Trinajstić information content (AvgIpc) is 2.47. The van der Waals surface area contributed by atoms with Crippen LogP contribution >= 0.6 is 0 Å². The Morgan fingerprint density at radius 3 is 2.25 bits per heavy atom. The maximum atomic E-state index is 11.6. The van der Waals surface area contributed by atoms with Gasteiger partial charge >= 0.3 is 5.97 Å². The summed E-state index contributed by atoms with van der Waals surface area (Å²) in [5, 5.41) is 9.48. The van der Waals surface area contributed by atoms with Gasteiger partial charge in [0.2, 0.25) is 0 Å². The van der Waals surface area contributed by atoms with Crippen molar-refractivity contribution < 1.29 is 14.6 Å². The number of benzene rings is 2. The minimum absolute atomic E-state index is 0.262. The zero-order valence-electron chi connectivity index (χ0n) is 11.7. The number of ether oxygens (including phenoxy) is 1.